The van der Waals surface area contributed by atoms with Crippen LogP contribution in [0, 0.1) is 6.92 Å². The van der Waals surface area contributed by atoms with Gasteiger partial charge in [0.05, 0.1) is 12.3 Å². The molecular formula is C16H21NO2. The Kier molecular flexibility index (Phi) is 4.27. The number of benzene rings is 1. The minimum atomic E-state index is -0.240. The first-order valence-electron chi connectivity index (χ1n) is 6.60. The molecule has 0 amide bonds. The summed E-state index contributed by atoms with van der Waals surface area (Å²) in [5.74, 6) is 2.09. The van der Waals surface area contributed by atoms with Crippen molar-refractivity contribution in [1.82, 2.24) is 0 Å². The molecule has 0 aliphatic heterocycles. The van der Waals surface area contributed by atoms with Crippen LogP contribution in [0.2, 0.25) is 0 Å². The highest BCUT2D eigenvalue weighted by atomic mass is 16.5. The third-order valence-electron chi connectivity index (χ3n) is 3.12. The van der Waals surface area contributed by atoms with Crippen molar-refractivity contribution in [3.05, 3.63) is 53.5 Å². The van der Waals surface area contributed by atoms with Crippen LogP contribution in [0.15, 0.2) is 41.0 Å². The van der Waals surface area contributed by atoms with Gasteiger partial charge < -0.3 is 14.9 Å². The second-order valence-corrected chi connectivity index (χ2v) is 5.13. The summed E-state index contributed by atoms with van der Waals surface area (Å²) >= 11 is 0. The Morgan fingerprint density at radius 2 is 2.05 bits per heavy atom. The molecule has 1 heterocycles. The van der Waals surface area contributed by atoms with E-state index in [9.17, 15) is 0 Å². The van der Waals surface area contributed by atoms with Crippen molar-refractivity contribution >= 4 is 0 Å². The number of rotatable bonds is 5. The molecule has 1 atom stereocenters. The number of hydrogen-bond donors (Lipinski definition) is 1. The molecule has 19 heavy (non-hydrogen) atoms. The zero-order chi connectivity index (χ0) is 13.8. The molecule has 0 fully saturated rings. The highest BCUT2D eigenvalue weighted by molar-refractivity contribution is 5.39. The second kappa shape index (κ2) is 5.93. The highest BCUT2D eigenvalue weighted by Crippen LogP contribution is 2.28. The van der Waals surface area contributed by atoms with Gasteiger partial charge in [0.15, 0.2) is 0 Å². The molecule has 2 rings (SSSR count). The van der Waals surface area contributed by atoms with Gasteiger partial charge in [-0.2, -0.15) is 0 Å². The number of hydrogen-bond acceptors (Lipinski definition) is 3. The average molecular weight is 259 g/mol. The maximum atomic E-state index is 6.03. The van der Waals surface area contributed by atoms with Crippen molar-refractivity contribution < 1.29 is 9.15 Å². The molecule has 0 saturated heterocycles. The summed E-state index contributed by atoms with van der Waals surface area (Å²) in [7, 11) is 0. The molecule has 2 aromatic rings. The van der Waals surface area contributed by atoms with Crippen LogP contribution in [-0.2, 0) is 0 Å². The van der Waals surface area contributed by atoms with E-state index in [1.807, 2.05) is 12.1 Å². The van der Waals surface area contributed by atoms with Crippen LogP contribution in [0.1, 0.15) is 42.7 Å². The molecule has 0 saturated carbocycles. The summed E-state index contributed by atoms with van der Waals surface area (Å²) in [6.07, 6.45) is 1.63. The van der Waals surface area contributed by atoms with Gasteiger partial charge >= 0.3 is 0 Å². The molecule has 0 radical (unpaired) electrons. The van der Waals surface area contributed by atoms with Crippen molar-refractivity contribution in [3.8, 4) is 5.75 Å². The smallest absolute Gasteiger partial charge is 0.123 e. The van der Waals surface area contributed by atoms with Gasteiger partial charge in [-0.25, -0.2) is 0 Å². The van der Waals surface area contributed by atoms with E-state index in [0.717, 1.165) is 11.5 Å². The molecule has 0 spiro atoms. The summed E-state index contributed by atoms with van der Waals surface area (Å²) in [5, 5.41) is 0. The lowest BCUT2D eigenvalue weighted by molar-refractivity contribution is 0.269. The Labute approximate surface area is 114 Å². The van der Waals surface area contributed by atoms with Crippen LogP contribution in [0.5, 0.6) is 5.75 Å². The van der Waals surface area contributed by atoms with Gasteiger partial charge in [0, 0.05) is 0 Å². The molecule has 102 valence electrons. The van der Waals surface area contributed by atoms with Crippen molar-refractivity contribution in [3.63, 3.8) is 0 Å². The van der Waals surface area contributed by atoms with Crippen molar-refractivity contribution in [2.45, 2.75) is 32.7 Å². The quantitative estimate of drug-likeness (QED) is 0.888. The minimum absolute atomic E-state index is 0.240. The molecule has 1 unspecified atom stereocenters. The molecule has 2 N–H and O–H groups in total. The average Bonchev–Trinajstić information content (AvgIpc) is 2.89. The lowest BCUT2D eigenvalue weighted by Gasteiger charge is -2.17. The van der Waals surface area contributed by atoms with E-state index in [-0.39, 0.29) is 6.04 Å². The molecule has 3 nitrogen and oxygen atoms in total. The first kappa shape index (κ1) is 13.7. The van der Waals surface area contributed by atoms with E-state index in [1.54, 1.807) is 6.26 Å². The Morgan fingerprint density at radius 3 is 2.68 bits per heavy atom. The number of furan rings is 1. The van der Waals surface area contributed by atoms with Crippen LogP contribution in [0.3, 0.4) is 0 Å². The van der Waals surface area contributed by atoms with Crippen LogP contribution in [-0.4, -0.2) is 6.61 Å². The summed E-state index contributed by atoms with van der Waals surface area (Å²) in [6.45, 7) is 6.79. The van der Waals surface area contributed by atoms with Gasteiger partial charge in [0.25, 0.3) is 0 Å². The second-order valence-electron chi connectivity index (χ2n) is 5.13. The van der Waals surface area contributed by atoms with Gasteiger partial charge in [0.2, 0.25) is 0 Å². The molecular weight excluding hydrogens is 238 g/mol. The SMILES string of the molecule is Cc1ccc(C(C)C)c(OCC(N)c2ccco2)c1. The van der Waals surface area contributed by atoms with Crippen LogP contribution in [0.4, 0.5) is 0 Å². The third-order valence-corrected chi connectivity index (χ3v) is 3.12. The molecule has 1 aromatic heterocycles. The first-order chi connectivity index (χ1) is 9.08. The molecule has 3 heteroatoms. The van der Waals surface area contributed by atoms with Crippen molar-refractivity contribution in [1.29, 1.82) is 0 Å². The van der Waals surface area contributed by atoms with Gasteiger partial charge in [0.1, 0.15) is 18.1 Å². The summed E-state index contributed by atoms with van der Waals surface area (Å²) in [6, 6.07) is 9.75. The molecule has 0 aliphatic rings. The van der Waals surface area contributed by atoms with E-state index in [0.29, 0.717) is 12.5 Å². The van der Waals surface area contributed by atoms with E-state index in [4.69, 9.17) is 14.9 Å². The van der Waals surface area contributed by atoms with Gasteiger partial charge in [-0.1, -0.05) is 26.0 Å². The number of nitrogens with two attached hydrogens (primary N) is 1. The standard InChI is InChI=1S/C16H21NO2/c1-11(2)13-7-6-12(3)9-16(13)19-10-14(17)15-5-4-8-18-15/h4-9,11,14H,10,17H2,1-3H3. The Morgan fingerprint density at radius 1 is 1.26 bits per heavy atom. The summed E-state index contributed by atoms with van der Waals surface area (Å²) in [5.41, 5.74) is 8.42. The lowest BCUT2D eigenvalue weighted by atomic mass is 10.0. The molecule has 0 aliphatic carbocycles. The summed E-state index contributed by atoms with van der Waals surface area (Å²) < 4.78 is 11.2. The van der Waals surface area contributed by atoms with Crippen molar-refractivity contribution in [2.24, 2.45) is 5.73 Å². The van der Waals surface area contributed by atoms with E-state index in [2.05, 4.69) is 39.0 Å². The fourth-order valence-electron chi connectivity index (χ4n) is 2.01. The fourth-order valence-corrected chi connectivity index (χ4v) is 2.01. The maximum Gasteiger partial charge on any atom is 0.123 e. The fraction of sp³-hybridized carbons (Fsp3) is 0.375. The normalized spacial score (nSPS) is 12.7. The largest absolute Gasteiger partial charge is 0.491 e. The Bertz CT molecular complexity index is 518. The zero-order valence-electron chi connectivity index (χ0n) is 11.7. The monoisotopic (exact) mass is 259 g/mol. The Hall–Kier alpha value is -1.74. The van der Waals surface area contributed by atoms with Gasteiger partial charge in [-0.3, -0.25) is 0 Å². The number of aryl methyl sites for hydroxylation is 1. The van der Waals surface area contributed by atoms with Crippen LogP contribution in [0.25, 0.3) is 0 Å². The topological polar surface area (TPSA) is 48.4 Å². The zero-order valence-corrected chi connectivity index (χ0v) is 11.7. The predicted molar refractivity (Wildman–Crippen MR) is 76.4 cm³/mol. The maximum absolute atomic E-state index is 6.03. The lowest BCUT2D eigenvalue weighted by Crippen LogP contribution is -2.18. The van der Waals surface area contributed by atoms with E-state index < -0.39 is 0 Å². The molecule has 1 aromatic carbocycles. The van der Waals surface area contributed by atoms with Crippen LogP contribution >= 0.6 is 0 Å². The minimum Gasteiger partial charge on any atom is -0.491 e. The Balaban J connectivity index is 2.08. The first-order valence-corrected chi connectivity index (χ1v) is 6.60. The van der Waals surface area contributed by atoms with E-state index >= 15 is 0 Å². The number of ether oxygens (including phenoxy) is 1. The van der Waals surface area contributed by atoms with Gasteiger partial charge in [-0.05, 0) is 42.2 Å². The van der Waals surface area contributed by atoms with Gasteiger partial charge in [-0.15, -0.1) is 0 Å². The van der Waals surface area contributed by atoms with Crippen LogP contribution < -0.4 is 10.5 Å². The van der Waals surface area contributed by atoms with E-state index in [1.165, 1.54) is 11.1 Å². The highest BCUT2D eigenvalue weighted by Gasteiger charge is 2.12. The molecule has 0 bridgehead atoms. The third kappa shape index (κ3) is 3.38. The predicted octanol–water partition coefficient (Wildman–Crippen LogP) is 3.79. The summed E-state index contributed by atoms with van der Waals surface area (Å²) in [4.78, 5) is 0. The van der Waals surface area contributed by atoms with Crippen molar-refractivity contribution in [2.75, 3.05) is 6.61 Å².